The lowest BCUT2D eigenvalue weighted by Crippen LogP contribution is -2.10. The van der Waals surface area contributed by atoms with Gasteiger partial charge in [0.15, 0.2) is 0 Å². The van der Waals surface area contributed by atoms with Crippen molar-refractivity contribution in [2.45, 2.75) is 19.5 Å². The topological polar surface area (TPSA) is 78.9 Å². The van der Waals surface area contributed by atoms with E-state index in [0.717, 1.165) is 28.7 Å². The van der Waals surface area contributed by atoms with Crippen molar-refractivity contribution >= 4 is 34.1 Å². The van der Waals surface area contributed by atoms with E-state index in [1.807, 2.05) is 25.1 Å². The Morgan fingerprint density at radius 1 is 1.06 bits per heavy atom. The second-order valence-corrected chi connectivity index (χ2v) is 7.59. The van der Waals surface area contributed by atoms with Gasteiger partial charge in [0.25, 0.3) is 0 Å². The first-order valence-corrected chi connectivity index (χ1v) is 10.5. The smallest absolute Gasteiger partial charge is 0.418 e. The molecule has 2 heterocycles. The van der Waals surface area contributed by atoms with E-state index in [1.165, 1.54) is 18.3 Å². The van der Waals surface area contributed by atoms with Crippen molar-refractivity contribution in [2.75, 3.05) is 0 Å². The number of carboxylic acids is 1. The normalized spacial score (nSPS) is 12.8. The second kappa shape index (κ2) is 9.35. The molecule has 172 valence electrons. The van der Waals surface area contributed by atoms with Gasteiger partial charge in [-0.2, -0.15) is 18.3 Å². The van der Waals surface area contributed by atoms with Crippen molar-refractivity contribution < 1.29 is 23.1 Å². The molecule has 0 aliphatic heterocycles. The summed E-state index contributed by atoms with van der Waals surface area (Å²) in [6.45, 7) is 1.82. The number of rotatable bonds is 6. The maximum atomic E-state index is 13.9. The zero-order chi connectivity index (χ0) is 24.3. The van der Waals surface area contributed by atoms with E-state index >= 15 is 0 Å². The standard InChI is InChI=1S/C26H20F3N3O2/c1-2-20(21-11-12-30-15-22(21)26(27,28)29)25(18-8-9-23-19(13-18)14-31-32-23)17-6-3-16(4-7-17)5-10-24(33)34/h3-15H,2H2,1H3,(H,31,32)(H,33,34). The van der Waals surface area contributed by atoms with Crippen molar-refractivity contribution in [1.82, 2.24) is 15.2 Å². The predicted molar refractivity (Wildman–Crippen MR) is 125 cm³/mol. The van der Waals surface area contributed by atoms with Crippen LogP contribution < -0.4 is 0 Å². The number of pyridine rings is 1. The largest absolute Gasteiger partial charge is 0.478 e. The molecule has 8 heteroatoms. The Morgan fingerprint density at radius 2 is 1.79 bits per heavy atom. The Hall–Kier alpha value is -4.20. The molecule has 0 unspecified atom stereocenters. The number of benzene rings is 2. The molecule has 0 aliphatic rings. The van der Waals surface area contributed by atoms with Gasteiger partial charge in [0.1, 0.15) is 0 Å². The number of aromatic nitrogens is 3. The average molecular weight is 463 g/mol. The Bertz CT molecular complexity index is 1400. The first kappa shape index (κ1) is 23.0. The molecule has 4 aromatic rings. The molecule has 2 aromatic heterocycles. The summed E-state index contributed by atoms with van der Waals surface area (Å²) in [5.74, 6) is -1.07. The number of nitrogens with zero attached hydrogens (tertiary/aromatic N) is 2. The average Bonchev–Trinajstić information content (AvgIpc) is 3.29. The third kappa shape index (κ3) is 4.76. The van der Waals surface area contributed by atoms with E-state index in [9.17, 15) is 18.0 Å². The number of halogens is 3. The van der Waals surface area contributed by atoms with Crippen LogP contribution >= 0.6 is 0 Å². The zero-order valence-corrected chi connectivity index (χ0v) is 18.1. The van der Waals surface area contributed by atoms with Gasteiger partial charge in [0, 0.05) is 23.9 Å². The van der Waals surface area contributed by atoms with Crippen LogP contribution in [-0.4, -0.2) is 26.3 Å². The van der Waals surface area contributed by atoms with Crippen LogP contribution in [0.1, 0.15) is 41.2 Å². The molecular weight excluding hydrogens is 443 g/mol. The molecule has 0 bridgehead atoms. The summed E-state index contributed by atoms with van der Waals surface area (Å²) < 4.78 is 41.6. The highest BCUT2D eigenvalue weighted by Crippen LogP contribution is 2.40. The van der Waals surface area contributed by atoms with Gasteiger partial charge in [-0.25, -0.2) is 4.79 Å². The Labute approximate surface area is 193 Å². The summed E-state index contributed by atoms with van der Waals surface area (Å²) in [7, 11) is 0. The molecule has 4 rings (SSSR count). The summed E-state index contributed by atoms with van der Waals surface area (Å²) in [6.07, 6.45) is 2.14. The van der Waals surface area contributed by atoms with Crippen molar-refractivity contribution in [3.8, 4) is 0 Å². The van der Waals surface area contributed by atoms with E-state index in [0.29, 0.717) is 28.7 Å². The number of carbonyl (C=O) groups is 1. The molecule has 0 saturated heterocycles. The lowest BCUT2D eigenvalue weighted by Gasteiger charge is -2.20. The van der Waals surface area contributed by atoms with Crippen LogP contribution in [0.5, 0.6) is 0 Å². The third-order valence-electron chi connectivity index (χ3n) is 5.45. The van der Waals surface area contributed by atoms with E-state index in [-0.39, 0.29) is 5.56 Å². The maximum Gasteiger partial charge on any atom is 0.418 e. The molecule has 5 nitrogen and oxygen atoms in total. The highest BCUT2D eigenvalue weighted by atomic mass is 19.4. The SMILES string of the molecule is CCC(=C(c1ccc(C=CC(=O)O)cc1)c1ccc2[nH]ncc2c1)c1ccncc1C(F)(F)F. The fraction of sp³-hybridized carbons (Fsp3) is 0.115. The molecule has 0 fully saturated rings. The molecule has 0 atom stereocenters. The van der Waals surface area contributed by atoms with E-state index in [1.54, 1.807) is 30.5 Å². The number of carboxylic acid groups (broad SMARTS) is 1. The summed E-state index contributed by atoms with van der Waals surface area (Å²) in [4.78, 5) is 14.5. The fourth-order valence-corrected chi connectivity index (χ4v) is 3.93. The minimum atomic E-state index is -4.56. The predicted octanol–water partition coefficient (Wildman–Crippen LogP) is 6.44. The van der Waals surface area contributed by atoms with Crippen molar-refractivity contribution in [3.63, 3.8) is 0 Å². The Kier molecular flexibility index (Phi) is 6.32. The number of hydrogen-bond acceptors (Lipinski definition) is 3. The number of fused-ring (bicyclic) bond motifs is 1. The lowest BCUT2D eigenvalue weighted by atomic mass is 9.86. The van der Waals surface area contributed by atoms with Gasteiger partial charge in [-0.3, -0.25) is 10.1 Å². The summed E-state index contributed by atoms with van der Waals surface area (Å²) in [6, 6.07) is 14.0. The third-order valence-corrected chi connectivity index (χ3v) is 5.45. The maximum absolute atomic E-state index is 13.9. The van der Waals surface area contributed by atoms with Crippen LogP contribution in [-0.2, 0) is 11.0 Å². The summed E-state index contributed by atoms with van der Waals surface area (Å²) in [5.41, 5.74) is 3.37. The monoisotopic (exact) mass is 463 g/mol. The van der Waals surface area contributed by atoms with Crippen LogP contribution in [0.4, 0.5) is 13.2 Å². The molecule has 0 spiro atoms. The van der Waals surface area contributed by atoms with Crippen molar-refractivity contribution in [2.24, 2.45) is 0 Å². The number of H-pyrrole nitrogens is 1. The van der Waals surface area contributed by atoms with Gasteiger partial charge in [0.2, 0.25) is 0 Å². The summed E-state index contributed by atoms with van der Waals surface area (Å²) in [5, 5.41) is 16.6. The van der Waals surface area contributed by atoms with E-state index < -0.39 is 17.7 Å². The van der Waals surface area contributed by atoms with Gasteiger partial charge in [-0.05, 0) is 64.1 Å². The molecule has 34 heavy (non-hydrogen) atoms. The molecule has 0 radical (unpaired) electrons. The molecule has 2 aromatic carbocycles. The van der Waals surface area contributed by atoms with Crippen molar-refractivity contribution in [1.29, 1.82) is 0 Å². The first-order valence-electron chi connectivity index (χ1n) is 10.5. The Balaban J connectivity index is 1.97. The van der Waals surface area contributed by atoms with Crippen LogP contribution in [0.3, 0.4) is 0 Å². The minimum absolute atomic E-state index is 0.0714. The van der Waals surface area contributed by atoms with Gasteiger partial charge >= 0.3 is 12.1 Å². The number of aromatic amines is 1. The van der Waals surface area contributed by atoms with Gasteiger partial charge in [-0.15, -0.1) is 0 Å². The second-order valence-electron chi connectivity index (χ2n) is 7.59. The molecule has 0 amide bonds. The number of alkyl halides is 3. The number of aliphatic carboxylic acids is 1. The highest BCUT2D eigenvalue weighted by Gasteiger charge is 2.34. The van der Waals surface area contributed by atoms with Crippen LogP contribution in [0, 0.1) is 0 Å². The first-order chi connectivity index (χ1) is 16.3. The quantitative estimate of drug-likeness (QED) is 0.323. The molecule has 0 saturated carbocycles. The Morgan fingerprint density at radius 3 is 2.47 bits per heavy atom. The highest BCUT2D eigenvalue weighted by molar-refractivity contribution is 6.01. The number of hydrogen-bond donors (Lipinski definition) is 2. The van der Waals surface area contributed by atoms with E-state index in [4.69, 9.17) is 5.11 Å². The number of allylic oxidation sites excluding steroid dienone is 1. The van der Waals surface area contributed by atoms with Gasteiger partial charge in [0.05, 0.1) is 17.3 Å². The van der Waals surface area contributed by atoms with Crippen molar-refractivity contribution in [3.05, 3.63) is 101 Å². The fourth-order valence-electron chi connectivity index (χ4n) is 3.93. The molecular formula is C26H20F3N3O2. The zero-order valence-electron chi connectivity index (χ0n) is 18.1. The van der Waals surface area contributed by atoms with Gasteiger partial charge < -0.3 is 5.11 Å². The minimum Gasteiger partial charge on any atom is -0.478 e. The lowest BCUT2D eigenvalue weighted by molar-refractivity contribution is -0.138. The molecule has 2 N–H and O–H groups in total. The summed E-state index contributed by atoms with van der Waals surface area (Å²) >= 11 is 0. The van der Waals surface area contributed by atoms with Crippen LogP contribution in [0.2, 0.25) is 0 Å². The van der Waals surface area contributed by atoms with Gasteiger partial charge in [-0.1, -0.05) is 37.3 Å². The van der Waals surface area contributed by atoms with Crippen LogP contribution in [0.15, 0.2) is 73.2 Å². The number of nitrogens with one attached hydrogen (secondary N) is 1. The van der Waals surface area contributed by atoms with E-state index in [2.05, 4.69) is 15.2 Å². The van der Waals surface area contributed by atoms with Crippen LogP contribution in [0.25, 0.3) is 28.1 Å². The molecule has 0 aliphatic carbocycles.